The Morgan fingerprint density at radius 1 is 1.00 bits per heavy atom. The Kier molecular flexibility index (Phi) is 4.95. The number of benzene rings is 2. The molecule has 5 heteroatoms. The molecule has 2 aromatic carbocycles. The molecule has 1 aliphatic heterocycles. The van der Waals surface area contributed by atoms with E-state index in [4.69, 9.17) is 14.0 Å². The lowest BCUT2D eigenvalue weighted by Gasteiger charge is -2.32. The molecule has 3 rings (SSSR count). The van der Waals surface area contributed by atoms with Crippen LogP contribution in [0.5, 0.6) is 0 Å². The molecule has 1 aliphatic rings. The third-order valence-corrected chi connectivity index (χ3v) is 5.15. The van der Waals surface area contributed by atoms with Gasteiger partial charge in [0, 0.05) is 0 Å². The van der Waals surface area contributed by atoms with Crippen molar-refractivity contribution in [3.05, 3.63) is 54.1 Å². The highest BCUT2D eigenvalue weighted by molar-refractivity contribution is 6.63. The third kappa shape index (κ3) is 3.42. The van der Waals surface area contributed by atoms with Crippen LogP contribution in [0, 0.1) is 0 Å². The first-order valence-electron chi connectivity index (χ1n) is 8.97. The summed E-state index contributed by atoms with van der Waals surface area (Å²) in [6.45, 7) is 10.3. The van der Waals surface area contributed by atoms with E-state index in [0.29, 0.717) is 12.2 Å². The van der Waals surface area contributed by atoms with Gasteiger partial charge in [0.2, 0.25) is 0 Å². The summed E-state index contributed by atoms with van der Waals surface area (Å²) in [5, 5.41) is 0. The zero-order valence-corrected chi connectivity index (χ0v) is 16.0. The number of hydrogen-bond acceptors (Lipinski definition) is 4. The van der Waals surface area contributed by atoms with Crippen LogP contribution in [-0.4, -0.2) is 30.9 Å². The molecule has 0 radical (unpaired) electrons. The number of ether oxygens (including phenoxy) is 1. The molecular formula is C21H25BO4. The fraction of sp³-hybridized carbons (Fsp3) is 0.381. The molecule has 0 aliphatic carbocycles. The molecule has 0 saturated carbocycles. The zero-order valence-electron chi connectivity index (χ0n) is 16.0. The molecule has 1 saturated heterocycles. The van der Waals surface area contributed by atoms with Crippen molar-refractivity contribution in [1.29, 1.82) is 0 Å². The average Bonchev–Trinajstić information content (AvgIpc) is 2.83. The van der Waals surface area contributed by atoms with Gasteiger partial charge in [-0.1, -0.05) is 36.4 Å². The molecule has 136 valence electrons. The van der Waals surface area contributed by atoms with Crippen molar-refractivity contribution >= 4 is 18.6 Å². The summed E-state index contributed by atoms with van der Waals surface area (Å²) in [5.41, 5.74) is 2.59. The summed E-state index contributed by atoms with van der Waals surface area (Å²) in [4.78, 5) is 12.1. The fourth-order valence-electron chi connectivity index (χ4n) is 2.96. The molecule has 4 nitrogen and oxygen atoms in total. The van der Waals surface area contributed by atoms with Crippen molar-refractivity contribution in [2.75, 3.05) is 6.61 Å². The Labute approximate surface area is 155 Å². The van der Waals surface area contributed by atoms with E-state index in [-0.39, 0.29) is 5.97 Å². The second kappa shape index (κ2) is 6.90. The van der Waals surface area contributed by atoms with E-state index in [2.05, 4.69) is 0 Å². The second-order valence-electron chi connectivity index (χ2n) is 7.48. The number of carbonyl (C=O) groups excluding carboxylic acids is 1. The van der Waals surface area contributed by atoms with Crippen LogP contribution in [0.25, 0.3) is 11.1 Å². The van der Waals surface area contributed by atoms with Crippen molar-refractivity contribution in [3.8, 4) is 11.1 Å². The molecular weight excluding hydrogens is 327 g/mol. The van der Waals surface area contributed by atoms with Gasteiger partial charge >= 0.3 is 13.1 Å². The van der Waals surface area contributed by atoms with Gasteiger partial charge in [0.15, 0.2) is 0 Å². The van der Waals surface area contributed by atoms with Crippen LogP contribution in [-0.2, 0) is 14.0 Å². The normalized spacial score (nSPS) is 18.0. The molecule has 1 heterocycles. The molecule has 0 bridgehead atoms. The van der Waals surface area contributed by atoms with E-state index >= 15 is 0 Å². The summed E-state index contributed by atoms with van der Waals surface area (Å²) < 4.78 is 17.5. The van der Waals surface area contributed by atoms with Gasteiger partial charge in [-0.2, -0.15) is 0 Å². The van der Waals surface area contributed by atoms with E-state index in [0.717, 1.165) is 16.6 Å². The highest BCUT2D eigenvalue weighted by atomic mass is 16.7. The smallest absolute Gasteiger partial charge is 0.462 e. The Balaban J connectivity index is 1.99. The molecule has 0 unspecified atom stereocenters. The minimum absolute atomic E-state index is 0.317. The standard InChI is InChI=1S/C21H25BO4/c1-6-24-19(23)16-11-9-10-15(14-16)17-12-7-8-13-18(17)22-25-20(2,3)21(4,5)26-22/h7-14H,6H2,1-5H3. The molecule has 0 spiro atoms. The Morgan fingerprint density at radius 2 is 1.65 bits per heavy atom. The molecule has 0 atom stereocenters. The predicted molar refractivity (Wildman–Crippen MR) is 104 cm³/mol. The average molecular weight is 352 g/mol. The quantitative estimate of drug-likeness (QED) is 0.620. The largest absolute Gasteiger partial charge is 0.495 e. The van der Waals surface area contributed by atoms with Crippen molar-refractivity contribution in [2.24, 2.45) is 0 Å². The van der Waals surface area contributed by atoms with Crippen LogP contribution in [0.4, 0.5) is 0 Å². The van der Waals surface area contributed by atoms with Crippen LogP contribution in [0.1, 0.15) is 45.0 Å². The van der Waals surface area contributed by atoms with E-state index in [1.165, 1.54) is 0 Å². The SMILES string of the molecule is CCOC(=O)c1cccc(-c2ccccc2B2OC(C)(C)C(C)(C)O2)c1. The van der Waals surface area contributed by atoms with Crippen molar-refractivity contribution in [1.82, 2.24) is 0 Å². The van der Waals surface area contributed by atoms with Gasteiger partial charge in [-0.3, -0.25) is 0 Å². The lowest BCUT2D eigenvalue weighted by molar-refractivity contribution is 0.00578. The van der Waals surface area contributed by atoms with Gasteiger partial charge in [-0.15, -0.1) is 0 Å². The van der Waals surface area contributed by atoms with Gasteiger partial charge in [-0.05, 0) is 63.3 Å². The van der Waals surface area contributed by atoms with Crippen molar-refractivity contribution < 1.29 is 18.8 Å². The van der Waals surface area contributed by atoms with Gasteiger partial charge in [0.25, 0.3) is 0 Å². The van der Waals surface area contributed by atoms with Crippen LogP contribution in [0.2, 0.25) is 0 Å². The van der Waals surface area contributed by atoms with Crippen LogP contribution >= 0.6 is 0 Å². The predicted octanol–water partition coefficient (Wildman–Crippen LogP) is 3.83. The third-order valence-electron chi connectivity index (χ3n) is 5.15. The Hall–Kier alpha value is -2.11. The molecule has 1 fully saturated rings. The molecule has 0 aromatic heterocycles. The van der Waals surface area contributed by atoms with Crippen LogP contribution in [0.15, 0.2) is 48.5 Å². The van der Waals surface area contributed by atoms with Crippen LogP contribution in [0.3, 0.4) is 0 Å². The first-order chi connectivity index (χ1) is 12.2. The highest BCUT2D eigenvalue weighted by Gasteiger charge is 2.52. The lowest BCUT2D eigenvalue weighted by Crippen LogP contribution is -2.41. The minimum Gasteiger partial charge on any atom is -0.462 e. The van der Waals surface area contributed by atoms with E-state index < -0.39 is 18.3 Å². The number of rotatable bonds is 4. The first-order valence-corrected chi connectivity index (χ1v) is 8.97. The zero-order chi connectivity index (χ0) is 18.9. The minimum atomic E-state index is -0.456. The molecule has 2 aromatic rings. The fourth-order valence-corrected chi connectivity index (χ4v) is 2.96. The summed E-state index contributed by atoms with van der Waals surface area (Å²) in [5.74, 6) is -0.317. The van der Waals surface area contributed by atoms with E-state index in [1.54, 1.807) is 13.0 Å². The molecule has 0 amide bonds. The first kappa shape index (κ1) is 18.7. The van der Waals surface area contributed by atoms with Gasteiger partial charge in [0.05, 0.1) is 23.4 Å². The monoisotopic (exact) mass is 352 g/mol. The summed E-state index contributed by atoms with van der Waals surface area (Å²) in [6, 6.07) is 15.4. The van der Waals surface area contributed by atoms with E-state index in [1.807, 2.05) is 70.2 Å². The van der Waals surface area contributed by atoms with Gasteiger partial charge in [0.1, 0.15) is 0 Å². The summed E-state index contributed by atoms with van der Waals surface area (Å²) in [7, 11) is -0.456. The molecule has 26 heavy (non-hydrogen) atoms. The maximum absolute atomic E-state index is 12.1. The van der Waals surface area contributed by atoms with Gasteiger partial charge in [-0.25, -0.2) is 4.79 Å². The summed E-state index contributed by atoms with van der Waals surface area (Å²) >= 11 is 0. The van der Waals surface area contributed by atoms with Gasteiger partial charge < -0.3 is 14.0 Å². The number of hydrogen-bond donors (Lipinski definition) is 0. The maximum Gasteiger partial charge on any atom is 0.495 e. The molecule has 0 N–H and O–H groups in total. The maximum atomic E-state index is 12.1. The number of carbonyl (C=O) groups is 1. The Bertz CT molecular complexity index is 797. The lowest BCUT2D eigenvalue weighted by atomic mass is 9.74. The summed E-state index contributed by atoms with van der Waals surface area (Å²) in [6.07, 6.45) is 0. The second-order valence-corrected chi connectivity index (χ2v) is 7.48. The highest BCUT2D eigenvalue weighted by Crippen LogP contribution is 2.37. The van der Waals surface area contributed by atoms with Crippen molar-refractivity contribution in [2.45, 2.75) is 45.8 Å². The van der Waals surface area contributed by atoms with Crippen LogP contribution < -0.4 is 5.46 Å². The van der Waals surface area contributed by atoms with Crippen molar-refractivity contribution in [3.63, 3.8) is 0 Å². The Morgan fingerprint density at radius 3 is 2.31 bits per heavy atom. The number of esters is 1. The van der Waals surface area contributed by atoms with E-state index in [9.17, 15) is 4.79 Å². The topological polar surface area (TPSA) is 44.8 Å².